The Labute approximate surface area is 224 Å². The highest BCUT2D eigenvalue weighted by atomic mass is 16.5. The molecule has 212 valence electrons. The Morgan fingerprint density at radius 1 is 0.973 bits per heavy atom. The Bertz CT molecular complexity index is 821. The summed E-state index contributed by atoms with van der Waals surface area (Å²) in [4.78, 5) is 12.3. The zero-order chi connectivity index (χ0) is 26.5. The lowest BCUT2D eigenvalue weighted by atomic mass is 9.41. The van der Waals surface area contributed by atoms with Gasteiger partial charge >= 0.3 is 6.09 Å². The van der Waals surface area contributed by atoms with Crippen molar-refractivity contribution in [3.63, 3.8) is 0 Å². The molecular formula is C31H53NO5. The van der Waals surface area contributed by atoms with Crippen molar-refractivity contribution >= 4 is 6.09 Å². The molecule has 5 aliphatic rings. The van der Waals surface area contributed by atoms with Crippen molar-refractivity contribution in [3.8, 4) is 0 Å². The average molecular weight is 520 g/mol. The molecule has 0 heterocycles. The van der Waals surface area contributed by atoms with Gasteiger partial charge in [-0.15, -0.1) is 0 Å². The van der Waals surface area contributed by atoms with Crippen molar-refractivity contribution in [2.45, 2.75) is 129 Å². The summed E-state index contributed by atoms with van der Waals surface area (Å²) in [7, 11) is 0. The van der Waals surface area contributed by atoms with E-state index in [0.29, 0.717) is 48.0 Å². The SMILES string of the molecule is CC[C@@H]1C2C[C@H](O)CCC2(C)[C@H]2CCC3(C)[C@@H]([C@H](C)CCOC(=O)N[C@@H]4CCC[C@@H]4O)CC[C@H]3C2[C@@H]1O. The van der Waals surface area contributed by atoms with Gasteiger partial charge < -0.3 is 25.4 Å². The first-order valence-electron chi connectivity index (χ1n) is 15.6. The summed E-state index contributed by atoms with van der Waals surface area (Å²) >= 11 is 0. The van der Waals surface area contributed by atoms with Crippen LogP contribution >= 0.6 is 0 Å². The minimum Gasteiger partial charge on any atom is -0.450 e. The van der Waals surface area contributed by atoms with Gasteiger partial charge in [0.25, 0.3) is 0 Å². The Balaban J connectivity index is 1.23. The number of ether oxygens (including phenoxy) is 1. The van der Waals surface area contributed by atoms with Crippen LogP contribution in [0.5, 0.6) is 0 Å². The van der Waals surface area contributed by atoms with Gasteiger partial charge in [-0.2, -0.15) is 0 Å². The van der Waals surface area contributed by atoms with Gasteiger partial charge in [-0.05, 0) is 123 Å². The summed E-state index contributed by atoms with van der Waals surface area (Å²) < 4.78 is 5.54. The van der Waals surface area contributed by atoms with E-state index in [1.165, 1.54) is 25.7 Å². The lowest BCUT2D eigenvalue weighted by Gasteiger charge is -2.64. The van der Waals surface area contributed by atoms with Gasteiger partial charge in [-0.3, -0.25) is 0 Å². The first-order chi connectivity index (χ1) is 17.6. The molecule has 6 nitrogen and oxygen atoms in total. The number of rotatable bonds is 6. The number of fused-ring (bicyclic) bond motifs is 5. The third-order valence-corrected chi connectivity index (χ3v) is 12.7. The fraction of sp³-hybridized carbons (Fsp3) is 0.968. The molecule has 4 N–H and O–H groups in total. The summed E-state index contributed by atoms with van der Waals surface area (Å²) in [6, 6.07) is -0.169. The van der Waals surface area contributed by atoms with E-state index in [0.717, 1.165) is 51.4 Å². The number of aliphatic hydroxyl groups is 3. The third-order valence-electron chi connectivity index (χ3n) is 12.7. The van der Waals surface area contributed by atoms with E-state index in [1.807, 2.05) is 0 Å². The fourth-order valence-corrected chi connectivity index (χ4v) is 10.8. The molecular weight excluding hydrogens is 466 g/mol. The summed E-state index contributed by atoms with van der Waals surface area (Å²) in [6.07, 6.45) is 10.8. The monoisotopic (exact) mass is 519 g/mol. The molecule has 5 fully saturated rings. The minimum atomic E-state index is -0.448. The number of nitrogens with one attached hydrogen (secondary N) is 1. The Kier molecular flexibility index (Phi) is 7.95. The van der Waals surface area contributed by atoms with Crippen LogP contribution in [-0.2, 0) is 4.74 Å². The molecule has 5 saturated carbocycles. The van der Waals surface area contributed by atoms with E-state index < -0.39 is 12.2 Å². The Hall–Kier alpha value is -0.850. The molecule has 37 heavy (non-hydrogen) atoms. The van der Waals surface area contributed by atoms with Crippen molar-refractivity contribution in [1.82, 2.24) is 5.32 Å². The largest absolute Gasteiger partial charge is 0.450 e. The minimum absolute atomic E-state index is 0.169. The standard InChI is InChI=1S/C31H53NO5/c1-5-20-24-17-19(33)11-14-31(24,4)23-12-15-30(3)21(9-10-22(30)27(23)28(20)35)18(2)13-16-37-29(36)32-25-7-6-8-26(25)34/h18-28,33-35H,5-17H2,1-4H3,(H,32,36)/t18-,19-,20-,21-,22+,23+,24?,25-,26+,27?,28-,30?,31?/m1/s1. The van der Waals surface area contributed by atoms with Crippen molar-refractivity contribution in [2.75, 3.05) is 6.61 Å². The van der Waals surface area contributed by atoms with Crippen LogP contribution in [0.4, 0.5) is 4.79 Å². The number of carbonyl (C=O) groups excluding carboxylic acids is 1. The molecule has 13 atom stereocenters. The highest BCUT2D eigenvalue weighted by molar-refractivity contribution is 5.67. The maximum Gasteiger partial charge on any atom is 0.407 e. The van der Waals surface area contributed by atoms with Gasteiger partial charge in [0, 0.05) is 0 Å². The van der Waals surface area contributed by atoms with Crippen LogP contribution in [0, 0.1) is 52.3 Å². The van der Waals surface area contributed by atoms with E-state index in [4.69, 9.17) is 4.74 Å². The van der Waals surface area contributed by atoms with Crippen LogP contribution < -0.4 is 5.32 Å². The predicted molar refractivity (Wildman–Crippen MR) is 144 cm³/mol. The Morgan fingerprint density at radius 3 is 2.41 bits per heavy atom. The summed E-state index contributed by atoms with van der Waals surface area (Å²) in [6.45, 7) is 9.99. The number of hydrogen-bond acceptors (Lipinski definition) is 5. The molecule has 5 aliphatic carbocycles. The second-order valence-corrected chi connectivity index (χ2v) is 14.3. The van der Waals surface area contributed by atoms with Crippen LogP contribution in [0.15, 0.2) is 0 Å². The highest BCUT2D eigenvalue weighted by Crippen LogP contribution is 2.69. The van der Waals surface area contributed by atoms with Crippen molar-refractivity contribution in [2.24, 2.45) is 52.3 Å². The lowest BCUT2D eigenvalue weighted by molar-refractivity contribution is -0.203. The van der Waals surface area contributed by atoms with E-state index in [2.05, 4.69) is 33.0 Å². The molecule has 0 aromatic heterocycles. The molecule has 0 aromatic carbocycles. The summed E-state index contributed by atoms with van der Waals surface area (Å²) in [5.41, 5.74) is 0.469. The third kappa shape index (κ3) is 4.75. The topological polar surface area (TPSA) is 99.0 Å². The fourth-order valence-electron chi connectivity index (χ4n) is 10.8. The first-order valence-corrected chi connectivity index (χ1v) is 15.6. The molecule has 4 unspecified atom stereocenters. The van der Waals surface area contributed by atoms with Crippen LogP contribution in [0.1, 0.15) is 105 Å². The normalized spacial score (nSPS) is 50.0. The number of amides is 1. The quantitative estimate of drug-likeness (QED) is 0.383. The molecule has 0 aliphatic heterocycles. The molecule has 0 radical (unpaired) electrons. The van der Waals surface area contributed by atoms with Gasteiger partial charge in [0.2, 0.25) is 0 Å². The molecule has 0 bridgehead atoms. The van der Waals surface area contributed by atoms with Crippen LogP contribution in [0.3, 0.4) is 0 Å². The van der Waals surface area contributed by atoms with Crippen molar-refractivity contribution < 1.29 is 24.9 Å². The second-order valence-electron chi connectivity index (χ2n) is 14.3. The lowest BCUT2D eigenvalue weighted by Crippen LogP contribution is -2.62. The first kappa shape index (κ1) is 27.7. The zero-order valence-corrected chi connectivity index (χ0v) is 23.7. The van der Waals surface area contributed by atoms with Crippen molar-refractivity contribution in [1.29, 1.82) is 0 Å². The van der Waals surface area contributed by atoms with Gasteiger partial charge in [0.1, 0.15) is 0 Å². The maximum absolute atomic E-state index is 12.3. The van der Waals surface area contributed by atoms with Crippen LogP contribution in [0.25, 0.3) is 0 Å². The average Bonchev–Trinajstić information content (AvgIpc) is 3.42. The second kappa shape index (κ2) is 10.6. The van der Waals surface area contributed by atoms with Crippen LogP contribution in [0.2, 0.25) is 0 Å². The number of hydrogen-bond donors (Lipinski definition) is 4. The van der Waals surface area contributed by atoms with E-state index in [-0.39, 0.29) is 29.1 Å². The van der Waals surface area contributed by atoms with E-state index >= 15 is 0 Å². The molecule has 0 saturated heterocycles. The predicted octanol–water partition coefficient (Wildman–Crippen LogP) is 5.28. The van der Waals surface area contributed by atoms with E-state index in [1.54, 1.807) is 0 Å². The maximum atomic E-state index is 12.3. The van der Waals surface area contributed by atoms with Crippen LogP contribution in [-0.4, -0.2) is 52.4 Å². The van der Waals surface area contributed by atoms with Gasteiger partial charge in [0.15, 0.2) is 0 Å². The molecule has 0 spiro atoms. The van der Waals surface area contributed by atoms with Crippen molar-refractivity contribution in [3.05, 3.63) is 0 Å². The van der Waals surface area contributed by atoms with Gasteiger partial charge in [-0.1, -0.05) is 34.1 Å². The van der Waals surface area contributed by atoms with Gasteiger partial charge in [-0.25, -0.2) is 4.79 Å². The number of alkyl carbamates (subject to hydrolysis) is 1. The number of aliphatic hydroxyl groups excluding tert-OH is 3. The smallest absolute Gasteiger partial charge is 0.407 e. The summed E-state index contributed by atoms with van der Waals surface area (Å²) in [5, 5.41) is 35.2. The molecule has 1 amide bonds. The molecule has 0 aromatic rings. The molecule has 6 heteroatoms. The Morgan fingerprint density at radius 2 is 1.70 bits per heavy atom. The summed E-state index contributed by atoms with van der Waals surface area (Å²) in [5.74, 6) is 3.28. The van der Waals surface area contributed by atoms with Gasteiger partial charge in [0.05, 0.1) is 31.0 Å². The highest BCUT2D eigenvalue weighted by Gasteiger charge is 2.64. The molecule has 5 rings (SSSR count). The zero-order valence-electron chi connectivity index (χ0n) is 23.7. The number of carbonyl (C=O) groups is 1. The van der Waals surface area contributed by atoms with E-state index in [9.17, 15) is 20.1 Å².